The number of carbonyl (C=O) groups excluding carboxylic acids is 1. The van der Waals surface area contributed by atoms with E-state index in [9.17, 15) is 4.79 Å². The zero-order valence-corrected chi connectivity index (χ0v) is 10.9. The SMILES string of the molecule is CC(=CC1CCCCC1)C(=O)Oc1ccccc1. The molecule has 0 radical (unpaired) electrons. The van der Waals surface area contributed by atoms with E-state index in [1.54, 1.807) is 12.1 Å². The van der Waals surface area contributed by atoms with Gasteiger partial charge in [0.1, 0.15) is 5.75 Å². The summed E-state index contributed by atoms with van der Waals surface area (Å²) in [6.45, 7) is 1.85. The van der Waals surface area contributed by atoms with E-state index < -0.39 is 0 Å². The summed E-state index contributed by atoms with van der Waals surface area (Å²) in [4.78, 5) is 11.9. The number of allylic oxidation sites excluding steroid dienone is 1. The number of carbonyl (C=O) groups is 1. The molecule has 96 valence electrons. The first-order valence-electron chi connectivity index (χ1n) is 6.71. The van der Waals surface area contributed by atoms with E-state index in [1.165, 1.54) is 32.1 Å². The van der Waals surface area contributed by atoms with Crippen LogP contribution in [0.4, 0.5) is 0 Å². The topological polar surface area (TPSA) is 26.3 Å². The molecule has 0 heterocycles. The van der Waals surface area contributed by atoms with Crippen LogP contribution in [0, 0.1) is 5.92 Å². The van der Waals surface area contributed by atoms with Gasteiger partial charge in [-0.05, 0) is 37.8 Å². The number of benzene rings is 1. The van der Waals surface area contributed by atoms with E-state index in [0.29, 0.717) is 11.7 Å². The van der Waals surface area contributed by atoms with E-state index in [1.807, 2.05) is 25.1 Å². The third-order valence-electron chi connectivity index (χ3n) is 3.41. The van der Waals surface area contributed by atoms with Crippen molar-refractivity contribution in [2.45, 2.75) is 39.0 Å². The van der Waals surface area contributed by atoms with Gasteiger partial charge in [0.25, 0.3) is 0 Å². The van der Waals surface area contributed by atoms with Gasteiger partial charge in [-0.1, -0.05) is 43.5 Å². The minimum atomic E-state index is -0.230. The van der Waals surface area contributed by atoms with Crippen LogP contribution in [0.25, 0.3) is 0 Å². The van der Waals surface area contributed by atoms with Gasteiger partial charge in [0.15, 0.2) is 0 Å². The van der Waals surface area contributed by atoms with Gasteiger partial charge in [0, 0.05) is 5.57 Å². The van der Waals surface area contributed by atoms with Crippen molar-refractivity contribution in [1.82, 2.24) is 0 Å². The van der Waals surface area contributed by atoms with Crippen molar-refractivity contribution >= 4 is 5.97 Å². The second kappa shape index (κ2) is 6.39. The highest BCUT2D eigenvalue weighted by Gasteiger charge is 2.14. The van der Waals surface area contributed by atoms with Crippen LogP contribution in [0.2, 0.25) is 0 Å². The second-order valence-electron chi connectivity index (χ2n) is 4.95. The normalized spacial score (nSPS) is 17.5. The Balaban J connectivity index is 1.93. The molecular formula is C16H20O2. The molecule has 1 aromatic rings. The van der Waals surface area contributed by atoms with Crippen LogP contribution in [0.1, 0.15) is 39.0 Å². The molecule has 2 nitrogen and oxygen atoms in total. The van der Waals surface area contributed by atoms with Gasteiger partial charge in [-0.3, -0.25) is 0 Å². The van der Waals surface area contributed by atoms with Crippen molar-refractivity contribution in [3.8, 4) is 5.75 Å². The molecule has 1 saturated carbocycles. The van der Waals surface area contributed by atoms with Gasteiger partial charge in [-0.15, -0.1) is 0 Å². The van der Waals surface area contributed by atoms with Crippen molar-refractivity contribution in [2.75, 3.05) is 0 Å². The number of esters is 1. The third kappa shape index (κ3) is 3.73. The molecule has 0 N–H and O–H groups in total. The number of hydrogen-bond donors (Lipinski definition) is 0. The standard InChI is InChI=1S/C16H20O2/c1-13(12-14-8-4-2-5-9-14)16(17)18-15-10-6-3-7-11-15/h3,6-7,10-12,14H,2,4-5,8-9H2,1H3. The summed E-state index contributed by atoms with van der Waals surface area (Å²) < 4.78 is 5.31. The molecule has 0 aliphatic heterocycles. The summed E-state index contributed by atoms with van der Waals surface area (Å²) >= 11 is 0. The first-order chi connectivity index (χ1) is 8.75. The minimum absolute atomic E-state index is 0.230. The fourth-order valence-corrected chi connectivity index (χ4v) is 2.40. The average molecular weight is 244 g/mol. The molecule has 0 saturated heterocycles. The summed E-state index contributed by atoms with van der Waals surface area (Å²) in [7, 11) is 0. The van der Waals surface area contributed by atoms with Gasteiger partial charge in [0.2, 0.25) is 0 Å². The molecular weight excluding hydrogens is 224 g/mol. The number of ether oxygens (including phenoxy) is 1. The molecule has 0 bridgehead atoms. The van der Waals surface area contributed by atoms with E-state index in [2.05, 4.69) is 6.08 Å². The summed E-state index contributed by atoms with van der Waals surface area (Å²) in [6.07, 6.45) is 8.39. The molecule has 0 spiro atoms. The first kappa shape index (κ1) is 12.9. The second-order valence-corrected chi connectivity index (χ2v) is 4.95. The van der Waals surface area contributed by atoms with Crippen LogP contribution in [-0.4, -0.2) is 5.97 Å². The van der Waals surface area contributed by atoms with Crippen molar-refractivity contribution < 1.29 is 9.53 Å². The molecule has 0 atom stereocenters. The summed E-state index contributed by atoms with van der Waals surface area (Å²) in [5.74, 6) is 0.938. The zero-order valence-electron chi connectivity index (χ0n) is 10.9. The summed E-state index contributed by atoms with van der Waals surface area (Å²) in [5.41, 5.74) is 0.728. The summed E-state index contributed by atoms with van der Waals surface area (Å²) in [6, 6.07) is 9.23. The maximum absolute atomic E-state index is 11.9. The Morgan fingerprint density at radius 3 is 2.50 bits per heavy atom. The highest BCUT2D eigenvalue weighted by atomic mass is 16.5. The fraction of sp³-hybridized carbons (Fsp3) is 0.438. The van der Waals surface area contributed by atoms with Crippen molar-refractivity contribution in [2.24, 2.45) is 5.92 Å². The molecule has 1 aliphatic carbocycles. The van der Waals surface area contributed by atoms with E-state index >= 15 is 0 Å². The fourth-order valence-electron chi connectivity index (χ4n) is 2.40. The third-order valence-corrected chi connectivity index (χ3v) is 3.41. The largest absolute Gasteiger partial charge is 0.423 e. The van der Waals surface area contributed by atoms with Crippen molar-refractivity contribution in [3.05, 3.63) is 42.0 Å². The molecule has 0 aromatic heterocycles. The van der Waals surface area contributed by atoms with E-state index in [-0.39, 0.29) is 5.97 Å². The lowest BCUT2D eigenvalue weighted by Crippen LogP contribution is -2.12. The van der Waals surface area contributed by atoms with Crippen molar-refractivity contribution in [3.63, 3.8) is 0 Å². The summed E-state index contributed by atoms with van der Waals surface area (Å²) in [5, 5.41) is 0. The highest BCUT2D eigenvalue weighted by Crippen LogP contribution is 2.25. The lowest BCUT2D eigenvalue weighted by molar-refractivity contribution is -0.130. The Hall–Kier alpha value is -1.57. The molecule has 2 heteroatoms. The molecule has 1 fully saturated rings. The first-order valence-corrected chi connectivity index (χ1v) is 6.71. The molecule has 2 rings (SSSR count). The number of rotatable bonds is 3. The van der Waals surface area contributed by atoms with Crippen LogP contribution in [0.5, 0.6) is 5.75 Å². The van der Waals surface area contributed by atoms with Crippen LogP contribution in [-0.2, 0) is 4.79 Å². The van der Waals surface area contributed by atoms with E-state index in [0.717, 1.165) is 5.57 Å². The molecule has 0 unspecified atom stereocenters. The Kier molecular flexibility index (Phi) is 4.57. The lowest BCUT2D eigenvalue weighted by Gasteiger charge is -2.18. The van der Waals surface area contributed by atoms with Crippen LogP contribution < -0.4 is 4.74 Å². The van der Waals surface area contributed by atoms with Gasteiger partial charge in [-0.2, -0.15) is 0 Å². The lowest BCUT2D eigenvalue weighted by atomic mass is 9.88. The average Bonchev–Trinajstić information content (AvgIpc) is 2.41. The number of para-hydroxylation sites is 1. The Labute approximate surface area is 109 Å². The maximum atomic E-state index is 11.9. The zero-order chi connectivity index (χ0) is 12.8. The van der Waals surface area contributed by atoms with Gasteiger partial charge in [0.05, 0.1) is 0 Å². The number of hydrogen-bond acceptors (Lipinski definition) is 2. The van der Waals surface area contributed by atoms with Crippen LogP contribution in [0.15, 0.2) is 42.0 Å². The smallest absolute Gasteiger partial charge is 0.338 e. The predicted molar refractivity (Wildman–Crippen MR) is 72.4 cm³/mol. The highest BCUT2D eigenvalue weighted by molar-refractivity contribution is 5.89. The molecule has 0 amide bonds. The Morgan fingerprint density at radius 2 is 1.83 bits per heavy atom. The van der Waals surface area contributed by atoms with Crippen molar-refractivity contribution in [1.29, 1.82) is 0 Å². The molecule has 1 aromatic carbocycles. The monoisotopic (exact) mass is 244 g/mol. The van der Waals surface area contributed by atoms with Crippen LogP contribution in [0.3, 0.4) is 0 Å². The van der Waals surface area contributed by atoms with Gasteiger partial charge in [-0.25, -0.2) is 4.79 Å². The van der Waals surface area contributed by atoms with E-state index in [4.69, 9.17) is 4.74 Å². The van der Waals surface area contributed by atoms with Crippen LogP contribution >= 0.6 is 0 Å². The quantitative estimate of drug-likeness (QED) is 0.454. The predicted octanol–water partition coefficient (Wildman–Crippen LogP) is 4.12. The minimum Gasteiger partial charge on any atom is -0.423 e. The van der Waals surface area contributed by atoms with Gasteiger partial charge >= 0.3 is 5.97 Å². The van der Waals surface area contributed by atoms with Gasteiger partial charge < -0.3 is 4.74 Å². The molecule has 1 aliphatic rings. The Morgan fingerprint density at radius 1 is 1.17 bits per heavy atom. The maximum Gasteiger partial charge on any atom is 0.338 e. The Bertz CT molecular complexity index is 414. The molecule has 18 heavy (non-hydrogen) atoms.